The zero-order chi connectivity index (χ0) is 32.3. The lowest BCUT2D eigenvalue weighted by Crippen LogP contribution is -2.50. The molecule has 0 saturated carbocycles. The Morgan fingerprint density at radius 2 is 1.73 bits per heavy atom. The summed E-state index contributed by atoms with van der Waals surface area (Å²) in [5, 5.41) is 3.23. The van der Waals surface area contributed by atoms with Crippen LogP contribution in [-0.2, 0) is 14.3 Å². The third kappa shape index (κ3) is 9.52. The van der Waals surface area contributed by atoms with Crippen LogP contribution in [0, 0.1) is 6.92 Å². The molecule has 240 valence electrons. The van der Waals surface area contributed by atoms with Crippen molar-refractivity contribution in [2.45, 2.75) is 49.1 Å². The van der Waals surface area contributed by atoms with Gasteiger partial charge in [0.2, 0.25) is 5.91 Å². The molecule has 45 heavy (non-hydrogen) atoms. The van der Waals surface area contributed by atoms with Crippen molar-refractivity contribution >= 4 is 51.9 Å². The van der Waals surface area contributed by atoms with Crippen LogP contribution in [0.5, 0.6) is 11.5 Å². The highest BCUT2D eigenvalue weighted by Crippen LogP contribution is 2.38. The summed E-state index contributed by atoms with van der Waals surface area (Å²) in [5.74, 6) is -0.0424. The summed E-state index contributed by atoms with van der Waals surface area (Å²) < 4.78 is 17.1. The number of unbranched alkanes of at least 4 members (excludes halogenated alkanes) is 1. The molecule has 3 aromatic rings. The number of thiazole rings is 1. The van der Waals surface area contributed by atoms with Crippen LogP contribution in [0.1, 0.15) is 59.4 Å². The van der Waals surface area contributed by atoms with Crippen molar-refractivity contribution in [1.29, 1.82) is 0 Å². The number of benzene rings is 2. The Labute approximate surface area is 271 Å². The molecule has 1 aromatic heterocycles. The van der Waals surface area contributed by atoms with Gasteiger partial charge in [-0.05, 0) is 55.3 Å². The lowest BCUT2D eigenvalue weighted by Gasteiger charge is -2.34. The maximum absolute atomic E-state index is 13.4. The minimum atomic E-state index is -0.396. The predicted molar refractivity (Wildman–Crippen MR) is 172 cm³/mol. The molecule has 0 radical (unpaired) electrons. The maximum atomic E-state index is 13.4. The SMILES string of the molecule is CCCCOCCC(=O)Oc1ccc(C(=O)Nc2ncc(Sc3cc(C(=O)N4CCN(C(C)=O)CC4)c(OC)cc3C)s2)cc1. The molecule has 1 N–H and O–H groups in total. The zero-order valence-electron chi connectivity index (χ0n) is 25.9. The molecule has 1 aliphatic rings. The molecule has 0 unspecified atom stereocenters. The number of amides is 3. The third-order valence-electron chi connectivity index (χ3n) is 7.10. The average molecular weight is 655 g/mol. The van der Waals surface area contributed by atoms with Crippen LogP contribution in [-0.4, -0.2) is 85.0 Å². The van der Waals surface area contributed by atoms with E-state index >= 15 is 0 Å². The minimum Gasteiger partial charge on any atom is -0.496 e. The number of aryl methyl sites for hydroxylation is 1. The number of rotatable bonds is 13. The average Bonchev–Trinajstić information content (AvgIpc) is 3.48. The summed E-state index contributed by atoms with van der Waals surface area (Å²) in [6, 6.07) is 9.97. The van der Waals surface area contributed by atoms with Gasteiger partial charge in [-0.3, -0.25) is 24.5 Å². The van der Waals surface area contributed by atoms with E-state index in [1.165, 1.54) is 37.1 Å². The summed E-state index contributed by atoms with van der Waals surface area (Å²) in [6.07, 6.45) is 3.81. The van der Waals surface area contributed by atoms with Gasteiger partial charge in [0.05, 0.1) is 36.1 Å². The Kier molecular flexibility index (Phi) is 12.4. The lowest BCUT2D eigenvalue weighted by molar-refractivity contribution is -0.135. The molecule has 4 rings (SSSR count). The van der Waals surface area contributed by atoms with Crippen LogP contribution in [0.25, 0.3) is 0 Å². The van der Waals surface area contributed by atoms with E-state index in [0.29, 0.717) is 67.2 Å². The van der Waals surface area contributed by atoms with Crippen molar-refractivity contribution < 1.29 is 33.4 Å². The maximum Gasteiger partial charge on any atom is 0.313 e. The van der Waals surface area contributed by atoms with E-state index in [1.807, 2.05) is 19.1 Å². The lowest BCUT2D eigenvalue weighted by atomic mass is 10.1. The number of anilines is 1. The first-order valence-corrected chi connectivity index (χ1v) is 16.4. The molecule has 3 amide bonds. The molecule has 0 bridgehead atoms. The molecule has 2 heterocycles. The molecule has 2 aromatic carbocycles. The van der Waals surface area contributed by atoms with E-state index < -0.39 is 5.97 Å². The summed E-state index contributed by atoms with van der Waals surface area (Å²) in [4.78, 5) is 58.7. The first kappa shape index (κ1) is 33.9. The fourth-order valence-electron chi connectivity index (χ4n) is 4.51. The number of carbonyl (C=O) groups is 4. The fraction of sp³-hybridized carbons (Fsp3) is 0.406. The van der Waals surface area contributed by atoms with Crippen LogP contribution >= 0.6 is 23.1 Å². The second-order valence-electron chi connectivity index (χ2n) is 10.4. The Morgan fingerprint density at radius 1 is 1.02 bits per heavy atom. The number of carbonyl (C=O) groups excluding carboxylic acids is 4. The van der Waals surface area contributed by atoms with Crippen molar-refractivity contribution in [3.8, 4) is 11.5 Å². The summed E-state index contributed by atoms with van der Waals surface area (Å²) in [5.41, 5.74) is 1.77. The highest BCUT2D eigenvalue weighted by molar-refractivity contribution is 8.01. The quantitative estimate of drug-likeness (QED) is 0.149. The molecular formula is C32H38N4O7S2. The van der Waals surface area contributed by atoms with Gasteiger partial charge in [0, 0.05) is 50.2 Å². The summed E-state index contributed by atoms with van der Waals surface area (Å²) in [7, 11) is 1.54. The Hall–Kier alpha value is -3.94. The predicted octanol–water partition coefficient (Wildman–Crippen LogP) is 5.28. The van der Waals surface area contributed by atoms with Gasteiger partial charge in [-0.15, -0.1) is 0 Å². The molecule has 0 spiro atoms. The third-order valence-corrected chi connectivity index (χ3v) is 9.27. The highest BCUT2D eigenvalue weighted by atomic mass is 32.2. The van der Waals surface area contributed by atoms with Crippen LogP contribution in [0.2, 0.25) is 0 Å². The number of aromatic nitrogens is 1. The van der Waals surface area contributed by atoms with Gasteiger partial charge in [-0.2, -0.15) is 0 Å². The van der Waals surface area contributed by atoms with E-state index in [4.69, 9.17) is 14.2 Å². The fourth-order valence-corrected chi connectivity index (χ4v) is 6.44. The summed E-state index contributed by atoms with van der Waals surface area (Å²) >= 11 is 2.76. The Bertz CT molecular complexity index is 1500. The molecule has 0 atom stereocenters. The molecule has 1 aliphatic heterocycles. The van der Waals surface area contributed by atoms with Gasteiger partial charge in [-0.1, -0.05) is 36.4 Å². The van der Waals surface area contributed by atoms with E-state index in [-0.39, 0.29) is 24.1 Å². The van der Waals surface area contributed by atoms with Gasteiger partial charge in [-0.25, -0.2) is 4.98 Å². The standard InChI is InChI=1S/C32H38N4O7S2/c1-5-6-16-42-17-11-28(38)43-24-9-7-23(8-10-24)30(39)34-32-33-20-29(45-32)44-27-19-25(26(41-4)18-21(27)2)31(40)36-14-12-35(13-15-36)22(3)37/h7-10,18-20H,5-6,11-17H2,1-4H3,(H,33,34,39). The Balaban J connectivity index is 1.34. The van der Waals surface area contributed by atoms with Crippen molar-refractivity contribution in [1.82, 2.24) is 14.8 Å². The Morgan fingerprint density at radius 3 is 2.40 bits per heavy atom. The number of ether oxygens (including phenoxy) is 3. The molecule has 0 aliphatic carbocycles. The van der Waals surface area contributed by atoms with Crippen LogP contribution in [0.15, 0.2) is 51.7 Å². The molecule has 1 saturated heterocycles. The first-order chi connectivity index (χ1) is 21.7. The zero-order valence-corrected chi connectivity index (χ0v) is 27.6. The topological polar surface area (TPSA) is 127 Å². The summed E-state index contributed by atoms with van der Waals surface area (Å²) in [6.45, 7) is 8.39. The van der Waals surface area contributed by atoms with Crippen molar-refractivity contribution in [2.24, 2.45) is 0 Å². The van der Waals surface area contributed by atoms with Gasteiger partial charge in [0.1, 0.15) is 11.5 Å². The monoisotopic (exact) mass is 654 g/mol. The molecule has 11 nitrogen and oxygen atoms in total. The molecular weight excluding hydrogens is 617 g/mol. The number of hydrogen-bond acceptors (Lipinski definition) is 10. The molecule has 13 heteroatoms. The van der Waals surface area contributed by atoms with Crippen molar-refractivity contribution in [3.63, 3.8) is 0 Å². The number of piperazine rings is 1. The minimum absolute atomic E-state index is 0.00403. The van der Waals surface area contributed by atoms with E-state index in [1.54, 1.807) is 40.3 Å². The number of methoxy groups -OCH3 is 1. The van der Waals surface area contributed by atoms with E-state index in [2.05, 4.69) is 17.2 Å². The van der Waals surface area contributed by atoms with Crippen LogP contribution in [0.3, 0.4) is 0 Å². The number of hydrogen-bond donors (Lipinski definition) is 1. The second kappa shape index (κ2) is 16.4. The van der Waals surface area contributed by atoms with Gasteiger partial charge in [0.15, 0.2) is 5.13 Å². The van der Waals surface area contributed by atoms with Crippen LogP contribution < -0.4 is 14.8 Å². The highest BCUT2D eigenvalue weighted by Gasteiger charge is 2.26. The number of nitrogens with zero attached hydrogens (tertiary/aromatic N) is 3. The molecule has 1 fully saturated rings. The van der Waals surface area contributed by atoms with Crippen LogP contribution in [0.4, 0.5) is 5.13 Å². The smallest absolute Gasteiger partial charge is 0.313 e. The van der Waals surface area contributed by atoms with Crippen molar-refractivity contribution in [2.75, 3.05) is 51.8 Å². The van der Waals surface area contributed by atoms with E-state index in [9.17, 15) is 19.2 Å². The number of nitrogens with one attached hydrogen (secondary N) is 1. The first-order valence-electron chi connectivity index (χ1n) is 14.8. The van der Waals surface area contributed by atoms with Crippen molar-refractivity contribution in [3.05, 3.63) is 59.3 Å². The second-order valence-corrected chi connectivity index (χ2v) is 12.7. The normalized spacial score (nSPS) is 13.0. The van der Waals surface area contributed by atoms with E-state index in [0.717, 1.165) is 27.5 Å². The van der Waals surface area contributed by atoms with Gasteiger partial charge < -0.3 is 24.0 Å². The largest absolute Gasteiger partial charge is 0.496 e. The van der Waals surface area contributed by atoms with Gasteiger partial charge >= 0.3 is 5.97 Å². The van der Waals surface area contributed by atoms with Gasteiger partial charge in [0.25, 0.3) is 11.8 Å². The number of esters is 1.